The zero-order valence-electron chi connectivity index (χ0n) is 32.6. The third-order valence-corrected chi connectivity index (χ3v) is 12.3. The van der Waals surface area contributed by atoms with Crippen molar-refractivity contribution >= 4 is 69.8 Å². The van der Waals surface area contributed by atoms with E-state index in [1.54, 1.807) is 0 Å². The Balaban J connectivity index is 1.11. The number of benzene rings is 4. The molecule has 0 saturated heterocycles. The first kappa shape index (κ1) is 36.9. The molecule has 0 atom stereocenters. The van der Waals surface area contributed by atoms with Crippen LogP contribution in [0.25, 0.3) is 58.4 Å². The molecule has 274 valence electrons. The average molecular weight is 741 g/mol. The minimum atomic E-state index is -0.0641. The summed E-state index contributed by atoms with van der Waals surface area (Å²) < 4.78 is 2.70. The average Bonchev–Trinajstić information content (AvgIpc) is 3.68. The Morgan fingerprint density at radius 2 is 1.46 bits per heavy atom. The second kappa shape index (κ2) is 16.4. The largest absolute Gasteiger partial charge is 0.135 e. The van der Waals surface area contributed by atoms with E-state index in [0.29, 0.717) is 0 Å². The van der Waals surface area contributed by atoms with Crippen molar-refractivity contribution in [3.05, 3.63) is 223 Å². The Labute approximate surface area is 336 Å². The smallest absolute Gasteiger partial charge is 0.0361 e. The van der Waals surface area contributed by atoms with Crippen LogP contribution in [0.1, 0.15) is 62.3 Å². The van der Waals surface area contributed by atoms with Crippen molar-refractivity contribution in [1.29, 1.82) is 0 Å². The number of hydrogen-bond donors (Lipinski definition) is 0. The van der Waals surface area contributed by atoms with E-state index in [1.165, 1.54) is 75.1 Å². The molecule has 0 fully saturated rings. The quantitative estimate of drug-likeness (QED) is 0.149. The molecular formula is C55H48S. The SMILES string of the molecule is C=C(/C=C\C=C\CC=C1/C(=C\C)C(C)(C)c2ccc3cc4sc5ccccc5c4cc3c21)c1ccccccc(/C2=C/C=C\C/C=C\C=C/C2)c2ccccc12. The predicted octanol–water partition coefficient (Wildman–Crippen LogP) is 16.2. The lowest BCUT2D eigenvalue weighted by Gasteiger charge is -2.21. The summed E-state index contributed by atoms with van der Waals surface area (Å²) in [6.45, 7) is 11.5. The molecule has 0 bridgehead atoms. The highest BCUT2D eigenvalue weighted by Crippen LogP contribution is 2.53. The maximum absolute atomic E-state index is 4.58. The molecule has 6 aromatic rings. The van der Waals surface area contributed by atoms with Gasteiger partial charge in [-0.15, -0.1) is 11.3 Å². The van der Waals surface area contributed by atoms with Crippen molar-refractivity contribution in [2.75, 3.05) is 0 Å². The fraction of sp³-hybridized carbons (Fsp3) is 0.127. The van der Waals surface area contributed by atoms with Gasteiger partial charge in [-0.1, -0.05) is 190 Å². The van der Waals surface area contributed by atoms with E-state index in [2.05, 4.69) is 216 Å². The van der Waals surface area contributed by atoms with Gasteiger partial charge < -0.3 is 0 Å². The molecule has 2 aliphatic rings. The highest BCUT2D eigenvalue weighted by atomic mass is 32.1. The lowest BCUT2D eigenvalue weighted by atomic mass is 9.82. The van der Waals surface area contributed by atoms with Crippen LogP contribution in [-0.4, -0.2) is 0 Å². The van der Waals surface area contributed by atoms with E-state index in [-0.39, 0.29) is 5.41 Å². The van der Waals surface area contributed by atoms with E-state index in [4.69, 9.17) is 0 Å². The van der Waals surface area contributed by atoms with Gasteiger partial charge in [-0.05, 0) is 110 Å². The number of allylic oxidation sites excluding steroid dienone is 17. The number of fused-ring (bicyclic) bond motifs is 7. The van der Waals surface area contributed by atoms with E-state index < -0.39 is 0 Å². The molecule has 5 aromatic carbocycles. The molecule has 0 radical (unpaired) electrons. The molecule has 0 unspecified atom stereocenters. The van der Waals surface area contributed by atoms with E-state index in [9.17, 15) is 0 Å². The minimum Gasteiger partial charge on any atom is -0.135 e. The zero-order chi connectivity index (χ0) is 38.5. The van der Waals surface area contributed by atoms with Crippen LogP contribution in [0.2, 0.25) is 0 Å². The van der Waals surface area contributed by atoms with Crippen LogP contribution in [0.5, 0.6) is 0 Å². The van der Waals surface area contributed by atoms with E-state index in [1.807, 2.05) is 11.3 Å². The third-order valence-electron chi connectivity index (χ3n) is 11.2. The van der Waals surface area contributed by atoms with E-state index >= 15 is 0 Å². The van der Waals surface area contributed by atoms with Crippen molar-refractivity contribution < 1.29 is 0 Å². The first-order chi connectivity index (χ1) is 27.5. The maximum Gasteiger partial charge on any atom is 0.0361 e. The fourth-order valence-corrected chi connectivity index (χ4v) is 9.60. The van der Waals surface area contributed by atoms with Gasteiger partial charge in [0.05, 0.1) is 0 Å². The molecule has 1 heterocycles. The van der Waals surface area contributed by atoms with Gasteiger partial charge in [0.2, 0.25) is 0 Å². The molecule has 0 aliphatic heterocycles. The van der Waals surface area contributed by atoms with Crippen molar-refractivity contribution in [2.45, 2.75) is 45.4 Å². The molecule has 0 saturated carbocycles. The fourth-order valence-electron chi connectivity index (χ4n) is 8.47. The third kappa shape index (κ3) is 7.24. The van der Waals surface area contributed by atoms with Crippen LogP contribution in [-0.2, 0) is 5.41 Å². The minimum absolute atomic E-state index is 0.0641. The molecule has 8 rings (SSSR count). The van der Waals surface area contributed by atoms with Crippen LogP contribution in [0.4, 0.5) is 0 Å². The lowest BCUT2D eigenvalue weighted by Crippen LogP contribution is -2.14. The van der Waals surface area contributed by atoms with Gasteiger partial charge in [0, 0.05) is 25.6 Å². The predicted molar refractivity (Wildman–Crippen MR) is 250 cm³/mol. The normalized spacial score (nSPS) is 19.4. The summed E-state index contributed by atoms with van der Waals surface area (Å²) in [5, 5.41) is 7.73. The summed E-state index contributed by atoms with van der Waals surface area (Å²) in [5.41, 5.74) is 10.1. The second-order valence-electron chi connectivity index (χ2n) is 15.0. The van der Waals surface area contributed by atoms with Crippen LogP contribution in [0, 0.1) is 0 Å². The number of rotatable bonds is 6. The van der Waals surface area contributed by atoms with Gasteiger partial charge in [-0.2, -0.15) is 0 Å². The first-order valence-corrected chi connectivity index (χ1v) is 20.6. The van der Waals surface area contributed by atoms with Crippen LogP contribution < -0.4 is 0 Å². The van der Waals surface area contributed by atoms with Gasteiger partial charge >= 0.3 is 0 Å². The highest BCUT2D eigenvalue weighted by Gasteiger charge is 2.38. The summed E-state index contributed by atoms with van der Waals surface area (Å²) in [4.78, 5) is 0. The second-order valence-corrected chi connectivity index (χ2v) is 16.1. The van der Waals surface area contributed by atoms with Gasteiger partial charge in [0.25, 0.3) is 0 Å². The van der Waals surface area contributed by atoms with Gasteiger partial charge in [-0.25, -0.2) is 0 Å². The Hall–Kier alpha value is -6.02. The molecule has 2 aliphatic carbocycles. The summed E-state index contributed by atoms with van der Waals surface area (Å²) in [6.07, 6.45) is 31.4. The van der Waals surface area contributed by atoms with Crippen molar-refractivity contribution in [1.82, 2.24) is 0 Å². The lowest BCUT2D eigenvalue weighted by molar-refractivity contribution is 0.660. The molecular weight excluding hydrogens is 693 g/mol. The van der Waals surface area contributed by atoms with Crippen molar-refractivity contribution in [3.63, 3.8) is 0 Å². The van der Waals surface area contributed by atoms with Gasteiger partial charge in [-0.3, -0.25) is 0 Å². The summed E-state index contributed by atoms with van der Waals surface area (Å²) in [7, 11) is 0. The summed E-state index contributed by atoms with van der Waals surface area (Å²) in [6, 6.07) is 39.9. The first-order valence-electron chi connectivity index (χ1n) is 19.8. The van der Waals surface area contributed by atoms with Crippen molar-refractivity contribution in [3.8, 4) is 0 Å². The standard InChI is InChI=1S/C55H48S/c1-5-50-47(54-48-38-49-46-32-23-24-34-52(46)56-53(49)37-41(48)35-36-51(54)55(50,3)4)33-20-12-11-15-25-39(2)42-28-18-13-14-19-29-43(45-31-22-21-30-44(42)45)40-26-16-9-7-6-8-10-17-27-40/h5-7,9-19,21-25,27-38H,2,8,20,26H2,1,3-4H3/b7-6-,12-11+,14-13?,16-9-,17-10-,18-13?,19-14?,25-15-,28-18?,29-19?,40-27+,42-28?,43-29?,44-42?,45-43?,47-33?,50-5+. The Morgan fingerprint density at radius 1 is 0.714 bits per heavy atom. The van der Waals surface area contributed by atoms with Crippen LogP contribution in [0.3, 0.4) is 0 Å². The van der Waals surface area contributed by atoms with Gasteiger partial charge in [0.1, 0.15) is 0 Å². The molecule has 0 N–H and O–H groups in total. The van der Waals surface area contributed by atoms with Crippen molar-refractivity contribution in [2.24, 2.45) is 0 Å². The number of thiophene rings is 1. The zero-order valence-corrected chi connectivity index (χ0v) is 33.5. The highest BCUT2D eigenvalue weighted by molar-refractivity contribution is 7.25. The molecule has 0 spiro atoms. The summed E-state index contributed by atoms with van der Waals surface area (Å²) >= 11 is 1.89. The molecule has 0 amide bonds. The molecule has 1 aromatic heterocycles. The molecule has 0 nitrogen and oxygen atoms in total. The Kier molecular flexibility index (Phi) is 10.8. The monoisotopic (exact) mass is 740 g/mol. The van der Waals surface area contributed by atoms with Crippen LogP contribution >= 0.6 is 11.3 Å². The molecule has 56 heavy (non-hydrogen) atoms. The Bertz CT molecular complexity index is 2810. The summed E-state index contributed by atoms with van der Waals surface area (Å²) in [5.74, 6) is 0. The van der Waals surface area contributed by atoms with E-state index in [0.717, 1.165) is 30.4 Å². The maximum atomic E-state index is 4.58. The number of hydrogen-bond acceptors (Lipinski definition) is 1. The molecule has 1 heteroatoms. The van der Waals surface area contributed by atoms with Gasteiger partial charge in [0.15, 0.2) is 0 Å². The topological polar surface area (TPSA) is 0 Å². The Morgan fingerprint density at radius 3 is 2.32 bits per heavy atom. The van der Waals surface area contributed by atoms with Crippen LogP contribution in [0.15, 0.2) is 200 Å².